The Morgan fingerprint density at radius 1 is 0.941 bits per heavy atom. The normalized spacial score (nSPS) is 18.6. The van der Waals surface area contributed by atoms with E-state index in [1.165, 1.54) is 0 Å². The van der Waals surface area contributed by atoms with Crippen molar-refractivity contribution < 1.29 is 38.9 Å². The monoisotopic (exact) mass is 469 g/mol. The largest absolute Gasteiger partial charge is 0.481 e. The standard InChI is InChI=1S/C25H27NO8/c27-21(14-34-23(30)12-16-8-5-7-15-6-1-2-9-17(15)16)20(13-22(28)29)26-24(31)18-10-3-4-11-19(18)25(32)33/h1-2,5-9,18-20H,3-4,10-14H2,(H,26,31)(H,28,29)(H,32,33). The van der Waals surface area contributed by atoms with Crippen LogP contribution in [0.4, 0.5) is 0 Å². The van der Waals surface area contributed by atoms with Crippen molar-refractivity contribution in [1.29, 1.82) is 0 Å². The molecule has 0 radical (unpaired) electrons. The number of carboxylic acid groups (broad SMARTS) is 2. The number of rotatable bonds is 10. The zero-order valence-corrected chi connectivity index (χ0v) is 18.6. The summed E-state index contributed by atoms with van der Waals surface area (Å²) in [5.41, 5.74) is 0.725. The first-order chi connectivity index (χ1) is 16.3. The summed E-state index contributed by atoms with van der Waals surface area (Å²) in [6, 6.07) is 11.6. The second-order valence-corrected chi connectivity index (χ2v) is 8.44. The maximum Gasteiger partial charge on any atom is 0.310 e. The number of hydrogen-bond acceptors (Lipinski definition) is 6. The molecule has 3 rings (SSSR count). The van der Waals surface area contributed by atoms with E-state index in [-0.39, 0.29) is 6.42 Å². The van der Waals surface area contributed by atoms with Gasteiger partial charge in [-0.1, -0.05) is 55.3 Å². The minimum atomic E-state index is -1.42. The lowest BCUT2D eigenvalue weighted by Crippen LogP contribution is -2.49. The molecule has 3 atom stereocenters. The van der Waals surface area contributed by atoms with Crippen molar-refractivity contribution in [3.05, 3.63) is 48.0 Å². The van der Waals surface area contributed by atoms with Crippen LogP contribution < -0.4 is 5.32 Å². The number of ketones is 1. The van der Waals surface area contributed by atoms with Crippen molar-refractivity contribution in [2.24, 2.45) is 11.8 Å². The Morgan fingerprint density at radius 3 is 2.32 bits per heavy atom. The zero-order valence-electron chi connectivity index (χ0n) is 18.6. The Hall–Kier alpha value is -3.75. The van der Waals surface area contributed by atoms with Crippen molar-refractivity contribution in [3.8, 4) is 0 Å². The molecule has 1 amide bonds. The molecule has 1 aliphatic rings. The number of fused-ring (bicyclic) bond motifs is 1. The van der Waals surface area contributed by atoms with E-state index in [0.717, 1.165) is 16.3 Å². The lowest BCUT2D eigenvalue weighted by molar-refractivity contribution is -0.151. The van der Waals surface area contributed by atoms with Gasteiger partial charge in [0.15, 0.2) is 12.4 Å². The van der Waals surface area contributed by atoms with Crippen molar-refractivity contribution in [2.75, 3.05) is 6.61 Å². The number of ether oxygens (including phenoxy) is 1. The van der Waals surface area contributed by atoms with Gasteiger partial charge in [0.25, 0.3) is 0 Å². The van der Waals surface area contributed by atoms with Gasteiger partial charge < -0.3 is 20.3 Å². The van der Waals surface area contributed by atoms with Gasteiger partial charge in [0.1, 0.15) is 6.04 Å². The predicted octanol–water partition coefficient (Wildman–Crippen LogP) is 2.35. The van der Waals surface area contributed by atoms with E-state index < -0.39 is 60.5 Å². The van der Waals surface area contributed by atoms with E-state index in [9.17, 15) is 29.1 Å². The van der Waals surface area contributed by atoms with Crippen molar-refractivity contribution in [1.82, 2.24) is 5.32 Å². The summed E-state index contributed by atoms with van der Waals surface area (Å²) in [5, 5.41) is 22.8. The van der Waals surface area contributed by atoms with Crippen LogP contribution in [-0.2, 0) is 35.1 Å². The number of carbonyl (C=O) groups excluding carboxylic acids is 3. The van der Waals surface area contributed by atoms with E-state index in [0.29, 0.717) is 25.7 Å². The molecule has 3 unspecified atom stereocenters. The molecular weight excluding hydrogens is 442 g/mol. The number of carboxylic acids is 2. The van der Waals surface area contributed by atoms with Gasteiger partial charge in [-0.2, -0.15) is 0 Å². The first-order valence-electron chi connectivity index (χ1n) is 11.2. The average Bonchev–Trinajstić information content (AvgIpc) is 2.82. The Labute approximate surface area is 196 Å². The number of carbonyl (C=O) groups is 5. The lowest BCUT2D eigenvalue weighted by Gasteiger charge is -2.28. The maximum absolute atomic E-state index is 12.7. The van der Waals surface area contributed by atoms with Crippen LogP contribution in [0.15, 0.2) is 42.5 Å². The molecule has 9 nitrogen and oxygen atoms in total. The van der Waals surface area contributed by atoms with Crippen LogP contribution in [0.2, 0.25) is 0 Å². The summed E-state index contributed by atoms with van der Waals surface area (Å²) in [6.45, 7) is -0.700. The summed E-state index contributed by atoms with van der Waals surface area (Å²) < 4.78 is 5.08. The fraction of sp³-hybridized carbons (Fsp3) is 0.400. The van der Waals surface area contributed by atoms with E-state index >= 15 is 0 Å². The third-order valence-corrected chi connectivity index (χ3v) is 6.09. The van der Waals surface area contributed by atoms with E-state index in [4.69, 9.17) is 9.84 Å². The highest BCUT2D eigenvalue weighted by molar-refractivity contribution is 5.95. The molecule has 1 saturated carbocycles. The van der Waals surface area contributed by atoms with Crippen LogP contribution in [0.3, 0.4) is 0 Å². The van der Waals surface area contributed by atoms with Crippen LogP contribution in [0.25, 0.3) is 10.8 Å². The highest BCUT2D eigenvalue weighted by Crippen LogP contribution is 2.30. The van der Waals surface area contributed by atoms with Gasteiger partial charge in [0.2, 0.25) is 5.91 Å². The fourth-order valence-electron chi connectivity index (χ4n) is 4.34. The number of amides is 1. The number of hydrogen-bond donors (Lipinski definition) is 3. The third kappa shape index (κ3) is 6.40. The molecule has 2 aromatic rings. The topological polar surface area (TPSA) is 147 Å². The molecule has 0 aromatic heterocycles. The van der Waals surface area contributed by atoms with Crippen LogP contribution in [0, 0.1) is 11.8 Å². The molecule has 9 heteroatoms. The van der Waals surface area contributed by atoms with E-state index in [1.807, 2.05) is 36.4 Å². The molecule has 3 N–H and O–H groups in total. The Balaban J connectivity index is 1.61. The minimum Gasteiger partial charge on any atom is -0.481 e. The highest BCUT2D eigenvalue weighted by Gasteiger charge is 2.37. The third-order valence-electron chi connectivity index (χ3n) is 6.09. The molecule has 34 heavy (non-hydrogen) atoms. The number of esters is 1. The summed E-state index contributed by atoms with van der Waals surface area (Å²) in [6.07, 6.45) is 1.27. The number of benzene rings is 2. The molecule has 0 bridgehead atoms. The SMILES string of the molecule is O=C(O)CC(NC(=O)C1CCCCC1C(=O)O)C(=O)COC(=O)Cc1cccc2ccccc12. The lowest BCUT2D eigenvalue weighted by atomic mass is 9.78. The van der Waals surface area contributed by atoms with Gasteiger partial charge in [0.05, 0.1) is 24.7 Å². The van der Waals surface area contributed by atoms with Gasteiger partial charge in [-0.15, -0.1) is 0 Å². The summed E-state index contributed by atoms with van der Waals surface area (Å²) in [5.74, 6) is -6.25. The second-order valence-electron chi connectivity index (χ2n) is 8.44. The van der Waals surface area contributed by atoms with Crippen LogP contribution in [0.5, 0.6) is 0 Å². The summed E-state index contributed by atoms with van der Waals surface area (Å²) >= 11 is 0. The molecule has 0 saturated heterocycles. The smallest absolute Gasteiger partial charge is 0.310 e. The van der Waals surface area contributed by atoms with E-state index in [1.54, 1.807) is 6.07 Å². The van der Waals surface area contributed by atoms with Gasteiger partial charge in [0, 0.05) is 0 Å². The Morgan fingerprint density at radius 2 is 1.62 bits per heavy atom. The molecule has 1 fully saturated rings. The number of aliphatic carboxylic acids is 2. The summed E-state index contributed by atoms with van der Waals surface area (Å²) in [4.78, 5) is 60.4. The fourth-order valence-corrected chi connectivity index (χ4v) is 4.34. The van der Waals surface area contributed by atoms with Crippen molar-refractivity contribution >= 4 is 40.4 Å². The van der Waals surface area contributed by atoms with Crippen LogP contribution in [0.1, 0.15) is 37.7 Å². The van der Waals surface area contributed by atoms with Crippen molar-refractivity contribution in [3.63, 3.8) is 0 Å². The molecule has 0 spiro atoms. The van der Waals surface area contributed by atoms with Gasteiger partial charge >= 0.3 is 17.9 Å². The van der Waals surface area contributed by atoms with Crippen LogP contribution >= 0.6 is 0 Å². The minimum absolute atomic E-state index is 0.0764. The maximum atomic E-state index is 12.7. The molecule has 1 aliphatic carbocycles. The second kappa shape index (κ2) is 11.4. The Bertz CT molecular complexity index is 1090. The summed E-state index contributed by atoms with van der Waals surface area (Å²) in [7, 11) is 0. The van der Waals surface area contributed by atoms with Gasteiger partial charge in [-0.25, -0.2) is 0 Å². The molecule has 2 aromatic carbocycles. The molecule has 0 aliphatic heterocycles. The number of Topliss-reactive ketones (excluding diaryl/α,β-unsaturated/α-hetero) is 1. The van der Waals surface area contributed by atoms with Gasteiger partial charge in [-0.05, 0) is 29.2 Å². The first-order valence-corrected chi connectivity index (χ1v) is 11.2. The molecular formula is C25H27NO8. The van der Waals surface area contributed by atoms with Crippen LogP contribution in [-0.4, -0.2) is 52.5 Å². The zero-order chi connectivity index (χ0) is 24.7. The highest BCUT2D eigenvalue weighted by atomic mass is 16.5. The van der Waals surface area contributed by atoms with Crippen molar-refractivity contribution in [2.45, 2.75) is 44.6 Å². The predicted molar refractivity (Wildman–Crippen MR) is 121 cm³/mol. The van der Waals surface area contributed by atoms with Gasteiger partial charge in [-0.3, -0.25) is 24.0 Å². The quantitative estimate of drug-likeness (QED) is 0.449. The molecule has 180 valence electrons. The first kappa shape index (κ1) is 24.9. The van der Waals surface area contributed by atoms with E-state index in [2.05, 4.69) is 5.32 Å². The Kier molecular flexibility index (Phi) is 8.34. The number of nitrogens with one attached hydrogen (secondary N) is 1. The average molecular weight is 469 g/mol. The molecule has 0 heterocycles.